The molecule has 1 aliphatic rings. The number of rotatable bonds is 5. The maximum atomic E-state index is 14.8. The minimum atomic E-state index is -2.35. The molecule has 1 aliphatic heterocycles. The van der Waals surface area contributed by atoms with Crippen molar-refractivity contribution in [1.82, 2.24) is 0 Å². The molecule has 1 N–H and O–H groups in total. The summed E-state index contributed by atoms with van der Waals surface area (Å²) >= 11 is 0. The molecule has 2 aromatic carbocycles. The number of benzene rings is 2. The van der Waals surface area contributed by atoms with Gasteiger partial charge in [0.2, 0.25) is 0 Å². The monoisotopic (exact) mass is 374 g/mol. The van der Waals surface area contributed by atoms with Gasteiger partial charge in [0.15, 0.2) is 18.1 Å². The van der Waals surface area contributed by atoms with Crippen LogP contribution in [0.15, 0.2) is 60.7 Å². The molecule has 2 unspecified atom stereocenters. The number of carbonyl (C=O) groups is 2. The summed E-state index contributed by atoms with van der Waals surface area (Å²) in [4.78, 5) is 24.3. The lowest BCUT2D eigenvalue weighted by molar-refractivity contribution is -0.144. The fourth-order valence-electron chi connectivity index (χ4n) is 2.76. The van der Waals surface area contributed by atoms with Crippen LogP contribution < -0.4 is 0 Å². The van der Waals surface area contributed by atoms with Gasteiger partial charge in [0.25, 0.3) is 0 Å². The molecule has 3 rings (SSSR count). The zero-order chi connectivity index (χ0) is 19.4. The van der Waals surface area contributed by atoms with E-state index in [4.69, 9.17) is 14.2 Å². The van der Waals surface area contributed by atoms with Crippen LogP contribution in [0.1, 0.15) is 27.6 Å². The average molecular weight is 374 g/mol. The molecule has 142 valence electrons. The van der Waals surface area contributed by atoms with Gasteiger partial charge in [-0.1, -0.05) is 36.4 Å². The molecule has 1 heterocycles. The Morgan fingerprint density at radius 2 is 1.56 bits per heavy atom. The van der Waals surface area contributed by atoms with Gasteiger partial charge < -0.3 is 19.3 Å². The highest BCUT2D eigenvalue weighted by Gasteiger charge is 2.57. The van der Waals surface area contributed by atoms with Gasteiger partial charge in [0, 0.05) is 0 Å². The lowest BCUT2D eigenvalue weighted by atomic mass is 9.99. The molecule has 0 saturated carbocycles. The van der Waals surface area contributed by atoms with Crippen molar-refractivity contribution < 1.29 is 33.3 Å². The number of carbonyl (C=O) groups excluding carboxylic acids is 2. The number of esters is 2. The van der Waals surface area contributed by atoms with Crippen LogP contribution in [0, 0.1) is 0 Å². The van der Waals surface area contributed by atoms with Crippen molar-refractivity contribution in [3.05, 3.63) is 71.8 Å². The summed E-state index contributed by atoms with van der Waals surface area (Å²) in [6, 6.07) is 16.3. The average Bonchev–Trinajstić information content (AvgIpc) is 2.90. The molecule has 0 radical (unpaired) electrons. The molecule has 1 saturated heterocycles. The lowest BCUT2D eigenvalue weighted by Gasteiger charge is -2.25. The second-order valence-corrected chi connectivity index (χ2v) is 6.33. The SMILES string of the molecule is CC1(F)C(O)O[C@H](COC(=O)c2ccccc2)[C@H]1OC(=O)c1ccccc1. The molecular formula is C20H19FO6. The van der Waals surface area contributed by atoms with Crippen LogP contribution in [0.25, 0.3) is 0 Å². The van der Waals surface area contributed by atoms with E-state index in [9.17, 15) is 19.1 Å². The van der Waals surface area contributed by atoms with Crippen molar-refractivity contribution >= 4 is 11.9 Å². The van der Waals surface area contributed by atoms with Gasteiger partial charge in [-0.05, 0) is 31.2 Å². The van der Waals surface area contributed by atoms with Gasteiger partial charge in [-0.15, -0.1) is 0 Å². The first-order valence-corrected chi connectivity index (χ1v) is 8.40. The van der Waals surface area contributed by atoms with Crippen molar-refractivity contribution in [2.45, 2.75) is 31.1 Å². The van der Waals surface area contributed by atoms with Gasteiger partial charge in [-0.3, -0.25) is 0 Å². The Morgan fingerprint density at radius 3 is 2.11 bits per heavy atom. The highest BCUT2D eigenvalue weighted by Crippen LogP contribution is 2.36. The molecule has 6 nitrogen and oxygen atoms in total. The van der Waals surface area contributed by atoms with Gasteiger partial charge in [-0.25, -0.2) is 14.0 Å². The number of aliphatic hydroxyl groups excluding tert-OH is 1. The van der Waals surface area contributed by atoms with Crippen LogP contribution in [0.5, 0.6) is 0 Å². The van der Waals surface area contributed by atoms with Crippen LogP contribution in [0.3, 0.4) is 0 Å². The number of halogens is 1. The van der Waals surface area contributed by atoms with Crippen molar-refractivity contribution in [1.29, 1.82) is 0 Å². The van der Waals surface area contributed by atoms with E-state index in [1.807, 2.05) is 0 Å². The lowest BCUT2D eigenvalue weighted by Crippen LogP contribution is -2.45. The number of aliphatic hydroxyl groups is 1. The van der Waals surface area contributed by atoms with Crippen LogP contribution in [-0.4, -0.2) is 47.8 Å². The molecule has 2 aromatic rings. The van der Waals surface area contributed by atoms with Crippen molar-refractivity contribution in [3.8, 4) is 0 Å². The van der Waals surface area contributed by atoms with E-state index in [0.29, 0.717) is 5.56 Å². The predicted molar refractivity (Wildman–Crippen MR) is 92.8 cm³/mol. The standard InChI is InChI=1S/C20H19FO6/c1-20(21)16(27-18(23)14-10-6-3-7-11-14)15(26-19(20)24)12-25-17(22)13-8-4-2-5-9-13/h2-11,15-16,19,24H,12H2,1H3/t15-,16-,19?,20?/m1/s1. The summed E-state index contributed by atoms with van der Waals surface area (Å²) < 4.78 is 30.4. The summed E-state index contributed by atoms with van der Waals surface area (Å²) in [5, 5.41) is 9.83. The minimum absolute atomic E-state index is 0.231. The summed E-state index contributed by atoms with van der Waals surface area (Å²) in [5.41, 5.74) is -1.81. The Morgan fingerprint density at radius 1 is 1.04 bits per heavy atom. The Kier molecular flexibility index (Phi) is 5.53. The smallest absolute Gasteiger partial charge is 0.338 e. The minimum Gasteiger partial charge on any atom is -0.459 e. The summed E-state index contributed by atoms with van der Waals surface area (Å²) in [7, 11) is 0. The van der Waals surface area contributed by atoms with E-state index in [-0.39, 0.29) is 12.2 Å². The molecule has 0 aliphatic carbocycles. The van der Waals surface area contributed by atoms with Crippen LogP contribution in [-0.2, 0) is 14.2 Å². The van der Waals surface area contributed by atoms with Crippen molar-refractivity contribution in [2.75, 3.05) is 6.61 Å². The number of alkyl halides is 1. The van der Waals surface area contributed by atoms with E-state index < -0.39 is 36.1 Å². The molecule has 0 aromatic heterocycles. The molecule has 0 spiro atoms. The highest BCUT2D eigenvalue weighted by molar-refractivity contribution is 5.90. The van der Waals surface area contributed by atoms with Crippen LogP contribution >= 0.6 is 0 Å². The largest absolute Gasteiger partial charge is 0.459 e. The molecule has 1 fully saturated rings. The zero-order valence-corrected chi connectivity index (χ0v) is 14.6. The van der Waals surface area contributed by atoms with Gasteiger partial charge in [0.1, 0.15) is 12.7 Å². The fraction of sp³-hybridized carbons (Fsp3) is 0.300. The molecule has 27 heavy (non-hydrogen) atoms. The maximum Gasteiger partial charge on any atom is 0.338 e. The molecule has 0 amide bonds. The third-order valence-corrected chi connectivity index (χ3v) is 4.31. The molecule has 7 heteroatoms. The third kappa shape index (κ3) is 4.15. The molecular weight excluding hydrogens is 355 g/mol. The number of ether oxygens (including phenoxy) is 3. The highest BCUT2D eigenvalue weighted by atomic mass is 19.1. The third-order valence-electron chi connectivity index (χ3n) is 4.31. The Labute approximate surface area is 155 Å². The van der Waals surface area contributed by atoms with Crippen molar-refractivity contribution in [2.24, 2.45) is 0 Å². The Balaban J connectivity index is 1.69. The van der Waals surface area contributed by atoms with E-state index in [0.717, 1.165) is 6.92 Å². The molecule has 0 bridgehead atoms. The Hall–Kier alpha value is -2.77. The summed E-state index contributed by atoms with van der Waals surface area (Å²) in [5.74, 6) is -1.39. The number of hydrogen-bond acceptors (Lipinski definition) is 6. The summed E-state index contributed by atoms with van der Waals surface area (Å²) in [6.07, 6.45) is -4.40. The zero-order valence-electron chi connectivity index (χ0n) is 14.6. The number of hydrogen-bond donors (Lipinski definition) is 1. The second-order valence-electron chi connectivity index (χ2n) is 6.33. The predicted octanol–water partition coefficient (Wildman–Crippen LogP) is 2.51. The van der Waals surface area contributed by atoms with E-state index >= 15 is 0 Å². The van der Waals surface area contributed by atoms with Gasteiger partial charge in [0.05, 0.1) is 11.1 Å². The second kappa shape index (κ2) is 7.85. The first kappa shape index (κ1) is 19.0. The van der Waals surface area contributed by atoms with Crippen LogP contribution in [0.2, 0.25) is 0 Å². The molecule has 4 atom stereocenters. The van der Waals surface area contributed by atoms with Gasteiger partial charge >= 0.3 is 11.9 Å². The van der Waals surface area contributed by atoms with E-state index in [1.165, 1.54) is 12.1 Å². The summed E-state index contributed by atoms with van der Waals surface area (Å²) in [6.45, 7) is 0.691. The topological polar surface area (TPSA) is 82.1 Å². The normalized spacial score (nSPS) is 27.1. The van der Waals surface area contributed by atoms with E-state index in [2.05, 4.69) is 0 Å². The maximum absolute atomic E-state index is 14.8. The van der Waals surface area contributed by atoms with Gasteiger partial charge in [-0.2, -0.15) is 0 Å². The Bertz CT molecular complexity index is 793. The quantitative estimate of drug-likeness (QED) is 0.810. The fourth-order valence-corrected chi connectivity index (χ4v) is 2.76. The first-order chi connectivity index (χ1) is 12.9. The first-order valence-electron chi connectivity index (χ1n) is 8.40. The van der Waals surface area contributed by atoms with E-state index in [1.54, 1.807) is 48.5 Å². The van der Waals surface area contributed by atoms with Crippen LogP contribution in [0.4, 0.5) is 4.39 Å². The van der Waals surface area contributed by atoms with Crippen molar-refractivity contribution in [3.63, 3.8) is 0 Å².